The third-order valence-electron chi connectivity index (χ3n) is 1.70. The molecule has 1 radical (unpaired) electrons. The molecule has 2 nitrogen and oxygen atoms in total. The first-order valence-corrected chi connectivity index (χ1v) is 3.43. The fourth-order valence-corrected chi connectivity index (χ4v) is 1.16. The summed E-state index contributed by atoms with van der Waals surface area (Å²) in [6.45, 7) is 0. The molecular formula is C9H8NO. The zero-order chi connectivity index (χ0) is 7.68. The molecule has 1 aromatic heterocycles. The highest BCUT2D eigenvalue weighted by molar-refractivity contribution is 5.84. The van der Waals surface area contributed by atoms with Crippen molar-refractivity contribution in [3.8, 4) is 5.75 Å². The number of fused-ring (bicyclic) bond motifs is 1. The summed E-state index contributed by atoms with van der Waals surface area (Å²) < 4.78 is 5.13. The van der Waals surface area contributed by atoms with Gasteiger partial charge in [-0.2, -0.15) is 0 Å². The standard InChI is InChI=1S/C9H8NO/c1-11-8-4-2-3-7-5-6-10-9(7)8/h2-5,10H,1H3. The molecule has 0 saturated carbocycles. The fourth-order valence-electron chi connectivity index (χ4n) is 1.16. The minimum Gasteiger partial charge on any atom is -0.495 e. The molecule has 0 aliphatic heterocycles. The molecule has 2 aromatic rings. The molecule has 0 atom stereocenters. The second-order valence-electron chi connectivity index (χ2n) is 2.34. The lowest BCUT2D eigenvalue weighted by Gasteiger charge is -1.99. The summed E-state index contributed by atoms with van der Waals surface area (Å²) in [5.41, 5.74) is 1.01. The van der Waals surface area contributed by atoms with Gasteiger partial charge in [-0.25, -0.2) is 0 Å². The van der Waals surface area contributed by atoms with Crippen LogP contribution in [-0.2, 0) is 0 Å². The predicted molar refractivity (Wildman–Crippen MR) is 43.7 cm³/mol. The zero-order valence-corrected chi connectivity index (χ0v) is 6.22. The first-order valence-electron chi connectivity index (χ1n) is 3.43. The zero-order valence-electron chi connectivity index (χ0n) is 6.22. The Morgan fingerprint density at radius 3 is 3.18 bits per heavy atom. The molecular weight excluding hydrogens is 138 g/mol. The summed E-state index contributed by atoms with van der Waals surface area (Å²) in [4.78, 5) is 2.99. The Morgan fingerprint density at radius 2 is 2.36 bits per heavy atom. The van der Waals surface area contributed by atoms with Crippen LogP contribution >= 0.6 is 0 Å². The average Bonchev–Trinajstić information content (AvgIpc) is 2.50. The molecule has 11 heavy (non-hydrogen) atoms. The number of rotatable bonds is 1. The maximum absolute atomic E-state index is 5.13. The predicted octanol–water partition coefficient (Wildman–Crippen LogP) is 1.98. The van der Waals surface area contributed by atoms with Crippen LogP contribution in [0.3, 0.4) is 0 Å². The van der Waals surface area contributed by atoms with Crippen molar-refractivity contribution in [2.24, 2.45) is 0 Å². The van der Waals surface area contributed by atoms with Gasteiger partial charge in [-0.15, -0.1) is 0 Å². The minimum atomic E-state index is 0.865. The van der Waals surface area contributed by atoms with E-state index >= 15 is 0 Å². The van der Waals surface area contributed by atoms with Gasteiger partial charge in [0.15, 0.2) is 0 Å². The second kappa shape index (κ2) is 2.31. The smallest absolute Gasteiger partial charge is 0.142 e. The first kappa shape index (κ1) is 6.28. The average molecular weight is 146 g/mol. The second-order valence-corrected chi connectivity index (χ2v) is 2.34. The molecule has 2 heteroatoms. The Balaban J connectivity index is 2.79. The molecule has 0 aliphatic rings. The molecule has 1 N–H and O–H groups in total. The SMILES string of the molecule is COc1cccc2c[c][nH]c12. The van der Waals surface area contributed by atoms with E-state index in [4.69, 9.17) is 4.74 Å². The summed E-state index contributed by atoms with van der Waals surface area (Å²) in [6.07, 6.45) is 2.91. The van der Waals surface area contributed by atoms with Crippen molar-refractivity contribution in [3.05, 3.63) is 30.5 Å². The van der Waals surface area contributed by atoms with Gasteiger partial charge in [-0.3, -0.25) is 0 Å². The van der Waals surface area contributed by atoms with Crippen molar-refractivity contribution in [3.63, 3.8) is 0 Å². The Kier molecular flexibility index (Phi) is 1.32. The van der Waals surface area contributed by atoms with Crippen molar-refractivity contribution < 1.29 is 4.74 Å². The van der Waals surface area contributed by atoms with E-state index in [2.05, 4.69) is 11.2 Å². The number of methoxy groups -OCH3 is 1. The largest absolute Gasteiger partial charge is 0.495 e. The highest BCUT2D eigenvalue weighted by Crippen LogP contribution is 2.22. The van der Waals surface area contributed by atoms with Crippen molar-refractivity contribution in [2.75, 3.05) is 7.11 Å². The van der Waals surface area contributed by atoms with E-state index in [-0.39, 0.29) is 0 Å². The van der Waals surface area contributed by atoms with Crippen molar-refractivity contribution >= 4 is 10.9 Å². The normalized spacial score (nSPS) is 10.3. The van der Waals surface area contributed by atoms with Gasteiger partial charge in [-0.05, 0) is 12.1 Å². The lowest BCUT2D eigenvalue weighted by molar-refractivity contribution is 0.419. The van der Waals surface area contributed by atoms with Crippen LogP contribution in [0.4, 0.5) is 0 Å². The summed E-state index contributed by atoms with van der Waals surface area (Å²) in [7, 11) is 1.66. The maximum Gasteiger partial charge on any atom is 0.142 e. The summed E-state index contributed by atoms with van der Waals surface area (Å²) in [6, 6.07) is 7.80. The topological polar surface area (TPSA) is 25.0 Å². The van der Waals surface area contributed by atoms with Gasteiger partial charge in [0.2, 0.25) is 0 Å². The van der Waals surface area contributed by atoms with E-state index in [1.54, 1.807) is 7.11 Å². The monoisotopic (exact) mass is 146 g/mol. The summed E-state index contributed by atoms with van der Waals surface area (Å²) >= 11 is 0. The van der Waals surface area contributed by atoms with E-state index < -0.39 is 0 Å². The summed E-state index contributed by atoms with van der Waals surface area (Å²) in [5.74, 6) is 0.865. The van der Waals surface area contributed by atoms with Crippen molar-refractivity contribution in [2.45, 2.75) is 0 Å². The van der Waals surface area contributed by atoms with E-state index in [9.17, 15) is 0 Å². The molecule has 1 heterocycles. The highest BCUT2D eigenvalue weighted by atomic mass is 16.5. The number of hydrogen-bond donors (Lipinski definition) is 1. The third kappa shape index (κ3) is 0.871. The molecule has 0 fully saturated rings. The molecule has 0 saturated heterocycles. The maximum atomic E-state index is 5.13. The highest BCUT2D eigenvalue weighted by Gasteiger charge is 1.99. The number of hydrogen-bond acceptors (Lipinski definition) is 1. The van der Waals surface area contributed by atoms with Crippen LogP contribution in [0.15, 0.2) is 24.3 Å². The van der Waals surface area contributed by atoms with Gasteiger partial charge >= 0.3 is 0 Å². The molecule has 0 spiro atoms. The third-order valence-corrected chi connectivity index (χ3v) is 1.70. The molecule has 0 aliphatic carbocycles. The van der Waals surface area contributed by atoms with E-state index in [1.165, 1.54) is 0 Å². The fraction of sp³-hybridized carbons (Fsp3) is 0.111. The van der Waals surface area contributed by atoms with Crippen molar-refractivity contribution in [1.82, 2.24) is 4.98 Å². The lowest BCUT2D eigenvalue weighted by atomic mass is 10.2. The molecule has 0 bridgehead atoms. The van der Waals surface area contributed by atoms with Crippen LogP contribution in [0.25, 0.3) is 10.9 Å². The number of H-pyrrole nitrogens is 1. The number of para-hydroxylation sites is 1. The quantitative estimate of drug-likeness (QED) is 0.653. The number of aromatic amines is 1. The van der Waals surface area contributed by atoms with Crippen LogP contribution in [0.5, 0.6) is 5.75 Å². The van der Waals surface area contributed by atoms with Gasteiger partial charge in [0.1, 0.15) is 5.75 Å². The summed E-state index contributed by atoms with van der Waals surface area (Å²) in [5, 5.41) is 1.13. The first-order chi connectivity index (χ1) is 5.42. The van der Waals surface area contributed by atoms with Crippen molar-refractivity contribution in [1.29, 1.82) is 0 Å². The van der Waals surface area contributed by atoms with Gasteiger partial charge in [0.25, 0.3) is 0 Å². The Morgan fingerprint density at radius 1 is 1.45 bits per heavy atom. The minimum absolute atomic E-state index is 0.865. The molecule has 0 unspecified atom stereocenters. The van der Waals surface area contributed by atoms with Gasteiger partial charge < -0.3 is 9.72 Å². The van der Waals surface area contributed by atoms with Crippen LogP contribution in [0.2, 0.25) is 0 Å². The molecule has 1 aromatic carbocycles. The Hall–Kier alpha value is -1.44. The number of nitrogens with one attached hydrogen (secondary N) is 1. The molecule has 2 rings (SSSR count). The van der Waals surface area contributed by atoms with Crippen LogP contribution in [0, 0.1) is 6.20 Å². The van der Waals surface area contributed by atoms with E-state index in [1.807, 2.05) is 24.3 Å². The van der Waals surface area contributed by atoms with Crippen LogP contribution in [0.1, 0.15) is 0 Å². The van der Waals surface area contributed by atoms with E-state index in [0.29, 0.717) is 0 Å². The van der Waals surface area contributed by atoms with Gasteiger partial charge in [-0.1, -0.05) is 12.1 Å². The Bertz CT molecular complexity index is 364. The van der Waals surface area contributed by atoms with Gasteiger partial charge in [0, 0.05) is 5.39 Å². The molecule has 0 amide bonds. The van der Waals surface area contributed by atoms with Gasteiger partial charge in [0.05, 0.1) is 18.8 Å². The molecule has 55 valence electrons. The Labute approximate surface area is 64.8 Å². The van der Waals surface area contributed by atoms with Crippen LogP contribution < -0.4 is 4.74 Å². The van der Waals surface area contributed by atoms with E-state index in [0.717, 1.165) is 16.7 Å². The number of ether oxygens (including phenoxy) is 1. The number of benzene rings is 1. The van der Waals surface area contributed by atoms with Crippen LogP contribution in [-0.4, -0.2) is 12.1 Å². The lowest BCUT2D eigenvalue weighted by Crippen LogP contribution is -1.82. The number of aromatic nitrogens is 1.